The van der Waals surface area contributed by atoms with Crippen molar-refractivity contribution in [2.45, 2.75) is 19.9 Å². The lowest BCUT2D eigenvalue weighted by Crippen LogP contribution is -2.20. The number of aromatic nitrogens is 3. The van der Waals surface area contributed by atoms with Crippen LogP contribution in [0.2, 0.25) is 0 Å². The van der Waals surface area contributed by atoms with Crippen molar-refractivity contribution in [2.75, 3.05) is 7.05 Å². The molecule has 1 unspecified atom stereocenters. The molecule has 2 aromatic rings. The highest BCUT2D eigenvalue weighted by atomic mass is 15.3. The summed E-state index contributed by atoms with van der Waals surface area (Å²) in [6.45, 7) is 4.06. The van der Waals surface area contributed by atoms with Gasteiger partial charge in [-0.05, 0) is 38.1 Å². The fourth-order valence-corrected chi connectivity index (χ4v) is 2.12. The number of rotatable bonds is 3. The average molecular weight is 230 g/mol. The Labute approximate surface area is 102 Å². The zero-order valence-corrected chi connectivity index (χ0v) is 10.7. The van der Waals surface area contributed by atoms with Gasteiger partial charge in [-0.25, -0.2) is 0 Å². The van der Waals surface area contributed by atoms with Crippen molar-refractivity contribution >= 4 is 0 Å². The van der Waals surface area contributed by atoms with E-state index in [1.54, 1.807) is 0 Å². The van der Waals surface area contributed by atoms with E-state index < -0.39 is 0 Å². The van der Waals surface area contributed by atoms with Crippen LogP contribution >= 0.6 is 0 Å². The van der Waals surface area contributed by atoms with Gasteiger partial charge in [0.25, 0.3) is 0 Å². The molecule has 17 heavy (non-hydrogen) atoms. The second-order valence-corrected chi connectivity index (χ2v) is 4.35. The Morgan fingerprint density at radius 3 is 2.53 bits per heavy atom. The quantitative estimate of drug-likeness (QED) is 0.873. The molecule has 0 saturated carbocycles. The van der Waals surface area contributed by atoms with E-state index >= 15 is 0 Å². The molecule has 4 heteroatoms. The molecule has 0 aliphatic carbocycles. The summed E-state index contributed by atoms with van der Waals surface area (Å²) in [4.78, 5) is 4.25. The van der Waals surface area contributed by atoms with Crippen LogP contribution in [0.15, 0.2) is 24.5 Å². The third-order valence-corrected chi connectivity index (χ3v) is 2.85. The minimum absolute atomic E-state index is 0.133. The second kappa shape index (κ2) is 4.67. The first-order valence-electron chi connectivity index (χ1n) is 5.71. The third-order valence-electron chi connectivity index (χ3n) is 2.85. The van der Waals surface area contributed by atoms with Crippen LogP contribution in [0.3, 0.4) is 0 Å². The van der Waals surface area contributed by atoms with E-state index in [1.807, 2.05) is 38.1 Å². The second-order valence-electron chi connectivity index (χ2n) is 4.35. The maximum Gasteiger partial charge on any atom is 0.0760 e. The smallest absolute Gasteiger partial charge is 0.0760 e. The lowest BCUT2D eigenvalue weighted by molar-refractivity contribution is 0.603. The normalized spacial score (nSPS) is 12.7. The number of nitrogens with one attached hydrogen (secondary N) is 1. The molecule has 1 N–H and O–H groups in total. The van der Waals surface area contributed by atoms with E-state index in [2.05, 4.69) is 34.5 Å². The summed E-state index contributed by atoms with van der Waals surface area (Å²) in [5.41, 5.74) is 4.51. The van der Waals surface area contributed by atoms with Crippen molar-refractivity contribution in [3.8, 4) is 0 Å². The summed E-state index contributed by atoms with van der Waals surface area (Å²) in [6, 6.07) is 4.38. The summed E-state index contributed by atoms with van der Waals surface area (Å²) in [5.74, 6) is 0. The average Bonchev–Trinajstić information content (AvgIpc) is 2.59. The Kier molecular flexibility index (Phi) is 3.24. The van der Waals surface area contributed by atoms with Crippen LogP contribution in [-0.4, -0.2) is 21.8 Å². The van der Waals surface area contributed by atoms with E-state index in [0.717, 1.165) is 17.0 Å². The summed E-state index contributed by atoms with van der Waals surface area (Å²) in [6.07, 6.45) is 3.77. The van der Waals surface area contributed by atoms with Gasteiger partial charge in [-0.2, -0.15) is 5.10 Å². The fourth-order valence-electron chi connectivity index (χ4n) is 2.12. The number of hydrogen-bond acceptors (Lipinski definition) is 3. The van der Waals surface area contributed by atoms with Gasteiger partial charge in [0.1, 0.15) is 0 Å². The summed E-state index contributed by atoms with van der Waals surface area (Å²) >= 11 is 0. The molecule has 0 aromatic carbocycles. The number of aryl methyl sites for hydroxylation is 3. The molecule has 2 heterocycles. The molecule has 0 bridgehead atoms. The third kappa shape index (κ3) is 2.36. The van der Waals surface area contributed by atoms with Crippen LogP contribution in [0, 0.1) is 13.8 Å². The molecule has 90 valence electrons. The predicted molar refractivity (Wildman–Crippen MR) is 67.8 cm³/mol. The maximum atomic E-state index is 4.38. The van der Waals surface area contributed by atoms with Gasteiger partial charge in [-0.3, -0.25) is 9.67 Å². The SMILES string of the molecule is CNC(c1cncc(C)c1)c1cc(C)nn1C. The summed E-state index contributed by atoms with van der Waals surface area (Å²) in [7, 11) is 3.92. The summed E-state index contributed by atoms with van der Waals surface area (Å²) < 4.78 is 1.92. The molecule has 0 aliphatic rings. The van der Waals surface area contributed by atoms with Crippen molar-refractivity contribution in [1.29, 1.82) is 0 Å². The molecule has 2 rings (SSSR count). The van der Waals surface area contributed by atoms with E-state index in [-0.39, 0.29) is 6.04 Å². The van der Waals surface area contributed by atoms with Gasteiger partial charge in [0.05, 0.1) is 17.4 Å². The predicted octanol–water partition coefficient (Wildman–Crippen LogP) is 1.74. The van der Waals surface area contributed by atoms with Gasteiger partial charge in [0, 0.05) is 19.4 Å². The van der Waals surface area contributed by atoms with Crippen molar-refractivity contribution in [1.82, 2.24) is 20.1 Å². The number of pyridine rings is 1. The van der Waals surface area contributed by atoms with Crippen molar-refractivity contribution in [3.05, 3.63) is 47.0 Å². The lowest BCUT2D eigenvalue weighted by atomic mass is 10.0. The van der Waals surface area contributed by atoms with E-state index in [0.29, 0.717) is 0 Å². The summed E-state index contributed by atoms with van der Waals surface area (Å²) in [5, 5.41) is 7.70. The molecule has 0 fully saturated rings. The van der Waals surface area contributed by atoms with E-state index in [1.165, 1.54) is 5.56 Å². The highest BCUT2D eigenvalue weighted by Gasteiger charge is 2.16. The van der Waals surface area contributed by atoms with Gasteiger partial charge in [-0.1, -0.05) is 6.07 Å². The highest BCUT2D eigenvalue weighted by molar-refractivity contribution is 5.29. The van der Waals surface area contributed by atoms with Crippen LogP contribution in [0.25, 0.3) is 0 Å². The molecule has 2 aromatic heterocycles. The van der Waals surface area contributed by atoms with Crippen molar-refractivity contribution in [3.63, 3.8) is 0 Å². The largest absolute Gasteiger partial charge is 0.308 e. The Morgan fingerprint density at radius 2 is 2.00 bits per heavy atom. The maximum absolute atomic E-state index is 4.38. The first-order valence-corrected chi connectivity index (χ1v) is 5.71. The van der Waals surface area contributed by atoms with Gasteiger partial charge in [-0.15, -0.1) is 0 Å². The van der Waals surface area contributed by atoms with Crippen molar-refractivity contribution < 1.29 is 0 Å². The van der Waals surface area contributed by atoms with E-state index in [4.69, 9.17) is 0 Å². The number of nitrogens with zero attached hydrogens (tertiary/aromatic N) is 3. The number of hydrogen-bond donors (Lipinski definition) is 1. The molecule has 0 aliphatic heterocycles. The molecule has 0 amide bonds. The molecule has 0 spiro atoms. The van der Waals surface area contributed by atoms with Crippen LogP contribution in [0.4, 0.5) is 0 Å². The van der Waals surface area contributed by atoms with Crippen molar-refractivity contribution in [2.24, 2.45) is 7.05 Å². The first-order chi connectivity index (χ1) is 8.11. The highest BCUT2D eigenvalue weighted by Crippen LogP contribution is 2.21. The molecule has 0 saturated heterocycles. The Balaban J connectivity index is 2.43. The first kappa shape index (κ1) is 11.8. The van der Waals surface area contributed by atoms with Gasteiger partial charge >= 0.3 is 0 Å². The minimum Gasteiger partial charge on any atom is -0.308 e. The Bertz CT molecular complexity index is 516. The van der Waals surface area contributed by atoms with Crippen LogP contribution in [-0.2, 0) is 7.05 Å². The fraction of sp³-hybridized carbons (Fsp3) is 0.385. The molecule has 0 radical (unpaired) electrons. The van der Waals surface area contributed by atoms with Crippen LogP contribution in [0.5, 0.6) is 0 Å². The minimum atomic E-state index is 0.133. The zero-order chi connectivity index (χ0) is 12.4. The standard InChI is InChI=1S/C13H18N4/c1-9-5-11(8-15-7-9)13(14-3)12-6-10(2)16-17(12)4/h5-8,13-14H,1-4H3. The molecule has 1 atom stereocenters. The topological polar surface area (TPSA) is 42.7 Å². The molecule has 4 nitrogen and oxygen atoms in total. The lowest BCUT2D eigenvalue weighted by Gasteiger charge is -2.16. The Morgan fingerprint density at radius 1 is 1.24 bits per heavy atom. The van der Waals surface area contributed by atoms with Gasteiger partial charge < -0.3 is 5.32 Å². The monoisotopic (exact) mass is 230 g/mol. The van der Waals surface area contributed by atoms with Crippen LogP contribution < -0.4 is 5.32 Å². The van der Waals surface area contributed by atoms with Gasteiger partial charge in [0.15, 0.2) is 0 Å². The molecular formula is C13H18N4. The molecular weight excluding hydrogens is 212 g/mol. The zero-order valence-electron chi connectivity index (χ0n) is 10.7. The van der Waals surface area contributed by atoms with Crippen LogP contribution in [0.1, 0.15) is 28.6 Å². The van der Waals surface area contributed by atoms with Gasteiger partial charge in [0.2, 0.25) is 0 Å². The Hall–Kier alpha value is -1.68. The van der Waals surface area contributed by atoms with E-state index in [9.17, 15) is 0 Å².